The van der Waals surface area contributed by atoms with Gasteiger partial charge in [0, 0.05) is 30.2 Å². The Hall–Kier alpha value is -1.18. The van der Waals surface area contributed by atoms with Gasteiger partial charge in [-0.2, -0.15) is 0 Å². The molecule has 0 aliphatic carbocycles. The smallest absolute Gasteiger partial charge is 0.0430 e. The zero-order chi connectivity index (χ0) is 7.68. The Morgan fingerprint density at radius 1 is 1.45 bits per heavy atom. The lowest BCUT2D eigenvalue weighted by molar-refractivity contribution is 0.940. The summed E-state index contributed by atoms with van der Waals surface area (Å²) in [7, 11) is 0. The van der Waals surface area contributed by atoms with Crippen LogP contribution < -0.4 is 0 Å². The van der Waals surface area contributed by atoms with Gasteiger partial charge in [-0.3, -0.25) is 9.98 Å². The van der Waals surface area contributed by atoms with E-state index in [4.69, 9.17) is 0 Å². The number of aromatic nitrogens is 1. The van der Waals surface area contributed by atoms with Gasteiger partial charge in [-0.05, 0) is 25.0 Å². The Labute approximate surface area is 66.0 Å². The molecular weight excluding hydrogens is 136 g/mol. The monoisotopic (exact) mass is 146 g/mol. The largest absolute Gasteiger partial charge is 0.292 e. The van der Waals surface area contributed by atoms with Gasteiger partial charge in [0.2, 0.25) is 0 Å². The number of hydrogen-bond acceptors (Lipinski definition) is 2. The molecule has 2 heteroatoms. The van der Waals surface area contributed by atoms with Crippen LogP contribution >= 0.6 is 0 Å². The Morgan fingerprint density at radius 3 is 3.27 bits per heavy atom. The summed E-state index contributed by atoms with van der Waals surface area (Å²) in [6.07, 6.45) is 4.87. The molecule has 0 amide bonds. The van der Waals surface area contributed by atoms with Gasteiger partial charge in [0.1, 0.15) is 0 Å². The number of aryl methyl sites for hydroxylation is 1. The lowest BCUT2D eigenvalue weighted by Gasteiger charge is -2.08. The van der Waals surface area contributed by atoms with Crippen LogP contribution in [-0.4, -0.2) is 17.7 Å². The maximum absolute atomic E-state index is 4.20. The molecule has 2 rings (SSSR count). The number of pyridine rings is 1. The molecule has 0 saturated carbocycles. The van der Waals surface area contributed by atoms with Crippen LogP contribution in [0.1, 0.15) is 16.8 Å². The van der Waals surface area contributed by atoms with E-state index in [2.05, 4.69) is 16.0 Å². The Bertz CT molecular complexity index is 302. The van der Waals surface area contributed by atoms with Crippen LogP contribution in [0.4, 0.5) is 0 Å². The van der Waals surface area contributed by atoms with E-state index in [1.54, 1.807) is 0 Å². The highest BCUT2D eigenvalue weighted by Gasteiger charge is 2.04. The minimum atomic E-state index is 0.927. The molecule has 2 heterocycles. The van der Waals surface area contributed by atoms with Gasteiger partial charge in [0.05, 0.1) is 0 Å². The summed E-state index contributed by atoms with van der Waals surface area (Å²) in [4.78, 5) is 8.38. The van der Waals surface area contributed by atoms with E-state index in [9.17, 15) is 0 Å². The van der Waals surface area contributed by atoms with Crippen molar-refractivity contribution in [2.24, 2.45) is 4.99 Å². The molecule has 0 fully saturated rings. The van der Waals surface area contributed by atoms with Crippen molar-refractivity contribution in [3.05, 3.63) is 29.1 Å². The van der Waals surface area contributed by atoms with Crippen LogP contribution in [0.5, 0.6) is 0 Å². The second-order valence-corrected chi connectivity index (χ2v) is 2.81. The fourth-order valence-electron chi connectivity index (χ4n) is 1.31. The lowest BCUT2D eigenvalue weighted by Crippen LogP contribution is -2.03. The first-order chi connectivity index (χ1) is 5.36. The first-order valence-electron chi connectivity index (χ1n) is 3.81. The SMILES string of the molecule is Cc1cc2c(cn1)C=NCC2. The second-order valence-electron chi connectivity index (χ2n) is 2.81. The molecule has 1 aromatic rings. The molecule has 2 nitrogen and oxygen atoms in total. The van der Waals surface area contributed by atoms with Crippen molar-refractivity contribution in [1.82, 2.24) is 4.98 Å². The summed E-state index contributed by atoms with van der Waals surface area (Å²) in [6, 6.07) is 2.14. The molecule has 0 saturated heterocycles. The highest BCUT2D eigenvalue weighted by molar-refractivity contribution is 5.82. The molecule has 0 spiro atoms. The molecule has 0 unspecified atom stereocenters. The van der Waals surface area contributed by atoms with E-state index in [0.717, 1.165) is 18.7 Å². The maximum atomic E-state index is 4.20. The maximum Gasteiger partial charge on any atom is 0.0430 e. The van der Waals surface area contributed by atoms with Gasteiger partial charge >= 0.3 is 0 Å². The molecule has 0 atom stereocenters. The van der Waals surface area contributed by atoms with E-state index in [1.807, 2.05) is 19.3 Å². The van der Waals surface area contributed by atoms with E-state index in [1.165, 1.54) is 11.1 Å². The highest BCUT2D eigenvalue weighted by atomic mass is 14.7. The van der Waals surface area contributed by atoms with E-state index in [-0.39, 0.29) is 0 Å². The number of hydrogen-bond donors (Lipinski definition) is 0. The fourth-order valence-corrected chi connectivity index (χ4v) is 1.31. The first-order valence-corrected chi connectivity index (χ1v) is 3.81. The summed E-state index contributed by atoms with van der Waals surface area (Å²) < 4.78 is 0. The zero-order valence-corrected chi connectivity index (χ0v) is 6.54. The molecule has 1 aliphatic heterocycles. The van der Waals surface area contributed by atoms with Crippen molar-refractivity contribution >= 4 is 6.21 Å². The second kappa shape index (κ2) is 2.46. The summed E-state index contributed by atoms with van der Waals surface area (Å²) in [5.74, 6) is 0. The molecule has 1 aromatic heterocycles. The van der Waals surface area contributed by atoms with Gasteiger partial charge in [0.25, 0.3) is 0 Å². The average molecular weight is 146 g/mol. The topological polar surface area (TPSA) is 25.2 Å². The average Bonchev–Trinajstić information content (AvgIpc) is 2.04. The zero-order valence-electron chi connectivity index (χ0n) is 6.54. The molecule has 0 N–H and O–H groups in total. The molecule has 56 valence electrons. The first kappa shape index (κ1) is 6.53. The normalized spacial score (nSPS) is 14.6. The minimum Gasteiger partial charge on any atom is -0.292 e. The van der Waals surface area contributed by atoms with E-state index in [0.29, 0.717) is 0 Å². The van der Waals surface area contributed by atoms with Crippen molar-refractivity contribution in [2.75, 3.05) is 6.54 Å². The summed E-state index contributed by atoms with van der Waals surface area (Å²) in [6.45, 7) is 2.95. The Kier molecular flexibility index (Phi) is 1.46. The van der Waals surface area contributed by atoms with E-state index < -0.39 is 0 Å². The van der Waals surface area contributed by atoms with Crippen LogP contribution in [-0.2, 0) is 6.42 Å². The minimum absolute atomic E-state index is 0.927. The predicted octanol–water partition coefficient (Wildman–Crippen LogP) is 1.37. The van der Waals surface area contributed by atoms with Gasteiger partial charge in [-0.1, -0.05) is 0 Å². The van der Waals surface area contributed by atoms with Crippen molar-refractivity contribution in [3.63, 3.8) is 0 Å². The molecule has 0 aromatic carbocycles. The van der Waals surface area contributed by atoms with Crippen LogP contribution in [0.15, 0.2) is 17.3 Å². The van der Waals surface area contributed by atoms with Gasteiger partial charge in [0.15, 0.2) is 0 Å². The highest BCUT2D eigenvalue weighted by Crippen LogP contribution is 2.11. The standard InChI is InChI=1S/C9H10N2/c1-7-4-8-2-3-10-5-9(8)6-11-7/h4-6H,2-3H2,1H3. The van der Waals surface area contributed by atoms with Gasteiger partial charge < -0.3 is 0 Å². The number of aliphatic imine (C=N–C) groups is 1. The van der Waals surface area contributed by atoms with Crippen molar-refractivity contribution < 1.29 is 0 Å². The lowest BCUT2D eigenvalue weighted by atomic mass is 10.1. The van der Waals surface area contributed by atoms with Gasteiger partial charge in [-0.15, -0.1) is 0 Å². The summed E-state index contributed by atoms with van der Waals surface area (Å²) >= 11 is 0. The van der Waals surface area contributed by atoms with Crippen LogP contribution in [0.25, 0.3) is 0 Å². The van der Waals surface area contributed by atoms with Crippen molar-refractivity contribution in [3.8, 4) is 0 Å². The molecule has 0 bridgehead atoms. The van der Waals surface area contributed by atoms with Gasteiger partial charge in [-0.25, -0.2) is 0 Å². The Morgan fingerprint density at radius 2 is 2.36 bits per heavy atom. The van der Waals surface area contributed by atoms with Crippen molar-refractivity contribution in [2.45, 2.75) is 13.3 Å². The van der Waals surface area contributed by atoms with Crippen LogP contribution in [0.3, 0.4) is 0 Å². The number of fused-ring (bicyclic) bond motifs is 1. The van der Waals surface area contributed by atoms with Crippen LogP contribution in [0, 0.1) is 6.92 Å². The van der Waals surface area contributed by atoms with Crippen molar-refractivity contribution in [1.29, 1.82) is 0 Å². The number of nitrogens with zero attached hydrogens (tertiary/aromatic N) is 2. The molecular formula is C9H10N2. The van der Waals surface area contributed by atoms with Crippen LogP contribution in [0.2, 0.25) is 0 Å². The fraction of sp³-hybridized carbons (Fsp3) is 0.333. The quantitative estimate of drug-likeness (QED) is 0.542. The summed E-state index contributed by atoms with van der Waals surface area (Å²) in [5.41, 5.74) is 3.66. The molecule has 0 radical (unpaired) electrons. The van der Waals surface area contributed by atoms with E-state index >= 15 is 0 Å². The number of rotatable bonds is 0. The third-order valence-corrected chi connectivity index (χ3v) is 1.90. The molecule has 11 heavy (non-hydrogen) atoms. The Balaban J connectivity index is 2.53. The third kappa shape index (κ3) is 1.16. The molecule has 1 aliphatic rings. The third-order valence-electron chi connectivity index (χ3n) is 1.90. The summed E-state index contributed by atoms with van der Waals surface area (Å²) in [5, 5.41) is 0. The predicted molar refractivity (Wildman–Crippen MR) is 45.1 cm³/mol.